The van der Waals surface area contributed by atoms with Crippen LogP contribution in [-0.2, 0) is 14.3 Å². The van der Waals surface area contributed by atoms with Gasteiger partial charge in [0.15, 0.2) is 0 Å². The fraction of sp³-hybridized carbons (Fsp3) is 0.269. The number of benzene rings is 2. The lowest BCUT2D eigenvalue weighted by molar-refractivity contribution is -0.152. The average molecular weight is 477 g/mol. The summed E-state index contributed by atoms with van der Waals surface area (Å²) in [5, 5.41) is 16.7. The molecule has 2 amide bonds. The molecule has 1 fully saturated rings. The van der Waals surface area contributed by atoms with E-state index in [1.54, 1.807) is 17.5 Å². The van der Waals surface area contributed by atoms with Gasteiger partial charge in [0, 0.05) is 10.8 Å². The highest BCUT2D eigenvalue weighted by Crippen LogP contribution is 2.44. The largest absolute Gasteiger partial charge is 0.480 e. The van der Waals surface area contributed by atoms with Gasteiger partial charge in [-0.3, -0.25) is 4.79 Å². The third kappa shape index (κ3) is 3.94. The Morgan fingerprint density at radius 3 is 2.18 bits per heavy atom. The first-order chi connectivity index (χ1) is 16.5. The zero-order valence-corrected chi connectivity index (χ0v) is 19.1. The molecular formula is C26H24N2O5S. The van der Waals surface area contributed by atoms with E-state index in [2.05, 4.69) is 22.8 Å². The number of rotatable bonds is 7. The minimum atomic E-state index is -1.27. The highest BCUT2D eigenvalue weighted by atomic mass is 32.1. The van der Waals surface area contributed by atoms with E-state index in [1.807, 2.05) is 36.4 Å². The number of fused-ring (bicyclic) bond motifs is 3. The van der Waals surface area contributed by atoms with E-state index in [0.29, 0.717) is 17.7 Å². The van der Waals surface area contributed by atoms with Gasteiger partial charge >= 0.3 is 12.1 Å². The maximum absolute atomic E-state index is 13.0. The molecule has 2 aliphatic rings. The molecule has 8 heteroatoms. The van der Waals surface area contributed by atoms with Crippen LogP contribution in [0.3, 0.4) is 0 Å². The molecule has 3 aromatic rings. The number of hydrogen-bond donors (Lipinski definition) is 3. The Labute approximate surface area is 200 Å². The van der Waals surface area contributed by atoms with Crippen LogP contribution < -0.4 is 10.6 Å². The fourth-order valence-corrected chi connectivity index (χ4v) is 5.48. The van der Waals surface area contributed by atoms with Gasteiger partial charge in [-0.05, 0) is 53.0 Å². The van der Waals surface area contributed by atoms with Gasteiger partial charge in [0.05, 0.1) is 0 Å². The predicted molar refractivity (Wildman–Crippen MR) is 128 cm³/mol. The summed E-state index contributed by atoms with van der Waals surface area (Å²) >= 11 is 1.31. The Balaban J connectivity index is 1.29. The number of carboxylic acids is 1. The van der Waals surface area contributed by atoms with Gasteiger partial charge in [-0.1, -0.05) is 54.6 Å². The molecule has 2 aliphatic carbocycles. The zero-order chi connectivity index (χ0) is 23.7. The lowest BCUT2D eigenvalue weighted by Crippen LogP contribution is -2.61. The number of thiophene rings is 1. The monoisotopic (exact) mass is 476 g/mol. The number of carbonyl (C=O) groups excluding carboxylic acids is 2. The van der Waals surface area contributed by atoms with E-state index >= 15 is 0 Å². The van der Waals surface area contributed by atoms with Crippen LogP contribution in [0.2, 0.25) is 0 Å². The summed E-state index contributed by atoms with van der Waals surface area (Å²) in [6.07, 6.45) is 0.746. The van der Waals surface area contributed by atoms with Crippen molar-refractivity contribution in [2.75, 3.05) is 6.61 Å². The van der Waals surface area contributed by atoms with Crippen molar-refractivity contribution < 1.29 is 24.2 Å². The predicted octanol–water partition coefficient (Wildman–Crippen LogP) is 4.45. The third-order valence-corrected chi connectivity index (χ3v) is 7.61. The van der Waals surface area contributed by atoms with Gasteiger partial charge in [-0.25, -0.2) is 9.59 Å². The summed E-state index contributed by atoms with van der Waals surface area (Å²) < 4.78 is 5.59. The second-order valence-corrected chi connectivity index (χ2v) is 9.63. The molecular weight excluding hydrogens is 452 g/mol. The van der Waals surface area contributed by atoms with Gasteiger partial charge in [0.2, 0.25) is 5.91 Å². The SMILES string of the molecule is O=C(NC(C(=O)NC1(C(=O)O)CCC1)c1cccs1)OCC1c2ccccc2-c2ccccc21. The van der Waals surface area contributed by atoms with E-state index in [0.717, 1.165) is 28.7 Å². The molecule has 0 radical (unpaired) electrons. The zero-order valence-electron chi connectivity index (χ0n) is 18.3. The standard InChI is InChI=1S/C26H24N2O5S/c29-23(28-26(24(30)31)12-6-13-26)22(21-11-5-14-34-21)27-25(32)33-15-20-18-9-3-1-7-16(18)17-8-2-4-10-19(17)20/h1-5,7-11,14,20,22H,6,12-13,15H2,(H,27,32)(H,28,29)(H,30,31). The number of hydrogen-bond acceptors (Lipinski definition) is 5. The maximum atomic E-state index is 13.0. The summed E-state index contributed by atoms with van der Waals surface area (Å²) in [7, 11) is 0. The Hall–Kier alpha value is -3.65. The summed E-state index contributed by atoms with van der Waals surface area (Å²) in [4.78, 5) is 38.1. The van der Waals surface area contributed by atoms with Crippen LogP contribution in [0.15, 0.2) is 66.0 Å². The number of ether oxygens (including phenoxy) is 1. The molecule has 0 aliphatic heterocycles. The molecule has 34 heavy (non-hydrogen) atoms. The normalized spacial score (nSPS) is 16.5. The molecule has 7 nitrogen and oxygen atoms in total. The van der Waals surface area contributed by atoms with Gasteiger partial charge in [-0.2, -0.15) is 0 Å². The molecule has 0 spiro atoms. The lowest BCUT2D eigenvalue weighted by atomic mass is 9.76. The minimum absolute atomic E-state index is 0.0996. The topological polar surface area (TPSA) is 105 Å². The van der Waals surface area contributed by atoms with Gasteiger partial charge in [-0.15, -0.1) is 11.3 Å². The summed E-state index contributed by atoms with van der Waals surface area (Å²) in [6, 6.07) is 18.6. The average Bonchev–Trinajstić information content (AvgIpc) is 3.45. The molecule has 1 atom stereocenters. The van der Waals surface area contributed by atoms with Gasteiger partial charge < -0.3 is 20.5 Å². The van der Waals surface area contributed by atoms with Crippen LogP contribution in [0.1, 0.15) is 47.2 Å². The molecule has 0 bridgehead atoms. The van der Waals surface area contributed by atoms with Crippen molar-refractivity contribution in [1.29, 1.82) is 0 Å². The number of alkyl carbamates (subject to hydrolysis) is 1. The van der Waals surface area contributed by atoms with Crippen molar-refractivity contribution >= 4 is 29.3 Å². The van der Waals surface area contributed by atoms with Crippen LogP contribution in [-0.4, -0.2) is 35.2 Å². The molecule has 2 aromatic carbocycles. The summed E-state index contributed by atoms with van der Waals surface area (Å²) in [5.41, 5.74) is 3.18. The Morgan fingerprint density at radius 1 is 1.00 bits per heavy atom. The van der Waals surface area contributed by atoms with Crippen molar-refractivity contribution in [2.24, 2.45) is 0 Å². The molecule has 5 rings (SSSR count). The van der Waals surface area contributed by atoms with E-state index in [4.69, 9.17) is 4.74 Å². The molecule has 1 unspecified atom stereocenters. The van der Waals surface area contributed by atoms with Crippen LogP contribution >= 0.6 is 11.3 Å². The molecule has 1 aromatic heterocycles. The highest BCUT2D eigenvalue weighted by Gasteiger charge is 2.47. The molecule has 1 saturated carbocycles. The van der Waals surface area contributed by atoms with E-state index in [-0.39, 0.29) is 12.5 Å². The quantitative estimate of drug-likeness (QED) is 0.467. The number of carboxylic acid groups (broad SMARTS) is 1. The van der Waals surface area contributed by atoms with Crippen LogP contribution in [0.25, 0.3) is 11.1 Å². The summed E-state index contributed by atoms with van der Waals surface area (Å²) in [6.45, 7) is 0.123. The van der Waals surface area contributed by atoms with Crippen LogP contribution in [0.4, 0.5) is 4.79 Å². The summed E-state index contributed by atoms with van der Waals surface area (Å²) in [5.74, 6) is -1.71. The molecule has 0 saturated heterocycles. The lowest BCUT2D eigenvalue weighted by Gasteiger charge is -2.39. The van der Waals surface area contributed by atoms with Crippen LogP contribution in [0.5, 0.6) is 0 Å². The van der Waals surface area contributed by atoms with E-state index in [9.17, 15) is 19.5 Å². The first kappa shape index (κ1) is 22.2. The number of carbonyl (C=O) groups is 3. The Morgan fingerprint density at radius 2 is 1.65 bits per heavy atom. The molecule has 174 valence electrons. The second-order valence-electron chi connectivity index (χ2n) is 8.65. The number of aliphatic carboxylic acids is 1. The fourth-order valence-electron chi connectivity index (χ4n) is 4.71. The van der Waals surface area contributed by atoms with Crippen molar-refractivity contribution in [2.45, 2.75) is 36.8 Å². The first-order valence-corrected chi connectivity index (χ1v) is 12.1. The van der Waals surface area contributed by atoms with Gasteiger partial charge in [0.1, 0.15) is 18.2 Å². The first-order valence-electron chi connectivity index (χ1n) is 11.2. The second kappa shape index (κ2) is 8.95. The van der Waals surface area contributed by atoms with Crippen molar-refractivity contribution in [3.05, 3.63) is 82.0 Å². The smallest absolute Gasteiger partial charge is 0.408 e. The van der Waals surface area contributed by atoms with Crippen molar-refractivity contribution in [3.63, 3.8) is 0 Å². The molecule has 1 heterocycles. The Bertz CT molecular complexity index is 1190. The number of nitrogens with one attached hydrogen (secondary N) is 2. The van der Waals surface area contributed by atoms with E-state index < -0.39 is 29.6 Å². The maximum Gasteiger partial charge on any atom is 0.408 e. The Kier molecular flexibility index (Phi) is 5.83. The van der Waals surface area contributed by atoms with Crippen molar-refractivity contribution in [1.82, 2.24) is 10.6 Å². The third-order valence-electron chi connectivity index (χ3n) is 6.67. The minimum Gasteiger partial charge on any atom is -0.480 e. The van der Waals surface area contributed by atoms with Crippen LogP contribution in [0, 0.1) is 0 Å². The van der Waals surface area contributed by atoms with Gasteiger partial charge in [0.25, 0.3) is 0 Å². The molecule has 3 N–H and O–H groups in total. The van der Waals surface area contributed by atoms with Crippen molar-refractivity contribution in [3.8, 4) is 11.1 Å². The highest BCUT2D eigenvalue weighted by molar-refractivity contribution is 7.10. The number of amides is 2. The van der Waals surface area contributed by atoms with E-state index in [1.165, 1.54) is 11.3 Å².